The van der Waals surface area contributed by atoms with Gasteiger partial charge < -0.3 is 20.3 Å². The molecule has 5 rings (SSSR count). The van der Waals surface area contributed by atoms with E-state index in [4.69, 9.17) is 0 Å². The molecule has 2 saturated carbocycles. The van der Waals surface area contributed by atoms with Crippen LogP contribution in [0.25, 0.3) is 0 Å². The van der Waals surface area contributed by atoms with Crippen molar-refractivity contribution in [1.29, 1.82) is 0 Å². The number of nitrogens with one attached hydrogen (secondary N) is 2. The Bertz CT molecular complexity index is 968. The van der Waals surface area contributed by atoms with Crippen molar-refractivity contribution in [3.8, 4) is 5.75 Å². The fourth-order valence-corrected chi connectivity index (χ4v) is 6.47. The molecular formula is C26H32F3N3O3. The number of likely N-dealkylation sites (tertiary alicyclic amines) is 1. The number of anilines is 1. The number of ether oxygens (including phenoxy) is 1. The largest absolute Gasteiger partial charge is 0.573 e. The van der Waals surface area contributed by atoms with E-state index >= 15 is 0 Å². The van der Waals surface area contributed by atoms with Crippen molar-refractivity contribution in [2.75, 3.05) is 31.5 Å². The predicted molar refractivity (Wildman–Crippen MR) is 124 cm³/mol. The summed E-state index contributed by atoms with van der Waals surface area (Å²) in [4.78, 5) is 29.0. The first kappa shape index (κ1) is 24.2. The highest BCUT2D eigenvalue weighted by Gasteiger charge is 2.69. The number of amides is 2. The third-order valence-electron chi connectivity index (χ3n) is 8.20. The first-order chi connectivity index (χ1) is 16.8. The highest BCUT2D eigenvalue weighted by Crippen LogP contribution is 2.72. The van der Waals surface area contributed by atoms with Gasteiger partial charge in [0.25, 0.3) is 0 Å². The Hall–Kier alpha value is -2.55. The fraction of sp³-hybridized carbons (Fsp3) is 0.615. The summed E-state index contributed by atoms with van der Waals surface area (Å²) in [7, 11) is 0. The van der Waals surface area contributed by atoms with Gasteiger partial charge >= 0.3 is 6.36 Å². The molecule has 2 N–H and O–H groups in total. The van der Waals surface area contributed by atoms with Crippen molar-refractivity contribution < 1.29 is 27.5 Å². The molecule has 1 saturated heterocycles. The lowest BCUT2D eigenvalue weighted by atomic mass is 9.81. The Morgan fingerprint density at radius 1 is 0.971 bits per heavy atom. The number of carbonyl (C=O) groups is 2. The first-order valence-corrected chi connectivity index (χ1v) is 12.6. The van der Waals surface area contributed by atoms with Crippen LogP contribution in [0.1, 0.15) is 38.5 Å². The summed E-state index contributed by atoms with van der Waals surface area (Å²) in [6.45, 7) is 4.00. The monoisotopic (exact) mass is 491 g/mol. The molecule has 2 bridgehead atoms. The molecule has 1 aromatic rings. The lowest BCUT2D eigenvalue weighted by Crippen LogP contribution is -2.42. The summed E-state index contributed by atoms with van der Waals surface area (Å²) in [6.07, 6.45) is 5.95. The number of alkyl halides is 3. The number of unbranched alkanes of at least 4 members (excludes halogenated alkanes) is 1. The Labute approximate surface area is 203 Å². The Morgan fingerprint density at radius 2 is 1.60 bits per heavy atom. The van der Waals surface area contributed by atoms with E-state index in [1.165, 1.54) is 50.2 Å². The smallest absolute Gasteiger partial charge is 0.406 e. The van der Waals surface area contributed by atoms with Crippen molar-refractivity contribution in [3.63, 3.8) is 0 Å². The van der Waals surface area contributed by atoms with Gasteiger partial charge in [-0.3, -0.25) is 9.59 Å². The van der Waals surface area contributed by atoms with E-state index < -0.39 is 18.2 Å². The summed E-state index contributed by atoms with van der Waals surface area (Å²) in [5, 5.41) is 5.91. The Morgan fingerprint density at radius 3 is 2.20 bits per heavy atom. The summed E-state index contributed by atoms with van der Waals surface area (Å²) in [6, 6.07) is 5.09. The summed E-state index contributed by atoms with van der Waals surface area (Å²) < 4.78 is 41.1. The number of allylic oxidation sites excluding steroid dienone is 2. The average Bonchev–Trinajstić information content (AvgIpc) is 3.16. The van der Waals surface area contributed by atoms with Gasteiger partial charge in [0.2, 0.25) is 11.8 Å². The number of hydrogen-bond donors (Lipinski definition) is 2. The van der Waals surface area contributed by atoms with E-state index in [-0.39, 0.29) is 34.8 Å². The van der Waals surface area contributed by atoms with E-state index in [9.17, 15) is 22.8 Å². The molecule has 6 nitrogen and oxygen atoms in total. The lowest BCUT2D eigenvalue weighted by molar-refractivity contribution is -0.274. The molecule has 0 unspecified atom stereocenters. The summed E-state index contributed by atoms with van der Waals surface area (Å²) >= 11 is 0. The van der Waals surface area contributed by atoms with Crippen LogP contribution < -0.4 is 15.4 Å². The highest BCUT2D eigenvalue weighted by atomic mass is 19.4. The van der Waals surface area contributed by atoms with Gasteiger partial charge in [-0.1, -0.05) is 12.2 Å². The third-order valence-corrected chi connectivity index (χ3v) is 8.20. The maximum atomic E-state index is 13.3. The second-order valence-corrected chi connectivity index (χ2v) is 10.3. The molecule has 0 aromatic heterocycles. The molecule has 1 aromatic carbocycles. The van der Waals surface area contributed by atoms with Crippen LogP contribution in [0.5, 0.6) is 5.75 Å². The van der Waals surface area contributed by atoms with Crippen molar-refractivity contribution in [2.24, 2.45) is 29.1 Å². The number of carbonyl (C=O) groups excluding carboxylic acids is 2. The summed E-state index contributed by atoms with van der Waals surface area (Å²) in [5.41, 5.74) is 0.395. The SMILES string of the molecule is O=C(NCCCCN1CCCC1)[C@H]1[C@H](C(=O)Nc2ccc(OC(F)(F)F)cc2)[C@@H]2C=C[C@H]1C21CC1. The third kappa shape index (κ3) is 5.06. The van der Waals surface area contributed by atoms with Crippen LogP contribution in [0.3, 0.4) is 0 Å². The van der Waals surface area contributed by atoms with Gasteiger partial charge in [-0.2, -0.15) is 0 Å². The molecule has 1 aliphatic heterocycles. The zero-order chi connectivity index (χ0) is 24.6. The summed E-state index contributed by atoms with van der Waals surface area (Å²) in [5.74, 6) is -1.49. The van der Waals surface area contributed by atoms with E-state index in [0.717, 1.165) is 32.2 Å². The van der Waals surface area contributed by atoms with Crippen LogP contribution in [-0.2, 0) is 9.59 Å². The minimum Gasteiger partial charge on any atom is -0.406 e. The van der Waals surface area contributed by atoms with Crippen molar-refractivity contribution >= 4 is 17.5 Å². The van der Waals surface area contributed by atoms with E-state index in [1.807, 2.05) is 0 Å². The number of nitrogens with zero attached hydrogens (tertiary/aromatic N) is 1. The standard InChI is InChI=1S/C26H32F3N3O3/c27-26(28,29)35-18-7-5-17(6-8-18)31-24(34)22-20-10-9-19(25(20)11-12-25)21(22)23(33)30-13-1-2-14-32-15-3-4-16-32/h5-10,19-22H,1-4,11-16H2,(H,30,33)(H,31,34)/t19-,20+,21-,22-/m1/s1. The van der Waals surface area contributed by atoms with Crippen LogP contribution in [0.4, 0.5) is 18.9 Å². The predicted octanol–water partition coefficient (Wildman–Crippen LogP) is 4.34. The maximum absolute atomic E-state index is 13.3. The Balaban J connectivity index is 1.19. The molecule has 3 fully saturated rings. The normalized spacial score (nSPS) is 28.4. The van der Waals surface area contributed by atoms with Gasteiger partial charge in [-0.05, 0) is 99.7 Å². The minimum absolute atomic E-state index is 0.0180. The lowest BCUT2D eigenvalue weighted by Gasteiger charge is -2.26. The molecule has 35 heavy (non-hydrogen) atoms. The molecule has 4 atom stereocenters. The van der Waals surface area contributed by atoms with Gasteiger partial charge in [0.05, 0.1) is 11.8 Å². The first-order valence-electron chi connectivity index (χ1n) is 12.6. The van der Waals surface area contributed by atoms with Gasteiger partial charge in [-0.15, -0.1) is 13.2 Å². The molecule has 2 amide bonds. The van der Waals surface area contributed by atoms with Crippen LogP contribution in [-0.4, -0.2) is 49.3 Å². The van der Waals surface area contributed by atoms with Crippen LogP contribution >= 0.6 is 0 Å². The molecule has 0 radical (unpaired) electrons. The number of rotatable bonds is 9. The molecule has 9 heteroatoms. The van der Waals surface area contributed by atoms with E-state index in [0.29, 0.717) is 12.2 Å². The topological polar surface area (TPSA) is 70.7 Å². The van der Waals surface area contributed by atoms with Crippen molar-refractivity contribution in [1.82, 2.24) is 10.2 Å². The molecule has 1 spiro atoms. The van der Waals surface area contributed by atoms with Crippen molar-refractivity contribution in [3.05, 3.63) is 36.4 Å². The maximum Gasteiger partial charge on any atom is 0.573 e. The van der Waals surface area contributed by atoms with E-state index in [1.54, 1.807) is 0 Å². The van der Waals surface area contributed by atoms with Crippen molar-refractivity contribution in [2.45, 2.75) is 44.9 Å². The number of hydrogen-bond acceptors (Lipinski definition) is 4. The zero-order valence-corrected chi connectivity index (χ0v) is 19.7. The minimum atomic E-state index is -4.77. The van der Waals surface area contributed by atoms with Gasteiger partial charge in [0, 0.05) is 12.2 Å². The van der Waals surface area contributed by atoms with Crippen LogP contribution in [0.2, 0.25) is 0 Å². The molecule has 190 valence electrons. The quantitative estimate of drug-likeness (QED) is 0.398. The van der Waals surface area contributed by atoms with Gasteiger partial charge in [0.15, 0.2) is 0 Å². The molecule has 1 heterocycles. The molecule has 3 aliphatic carbocycles. The fourth-order valence-electron chi connectivity index (χ4n) is 6.47. The van der Waals surface area contributed by atoms with Gasteiger partial charge in [0.1, 0.15) is 5.75 Å². The molecule has 4 aliphatic rings. The number of benzene rings is 1. The number of halogens is 3. The van der Waals surface area contributed by atoms with Crippen LogP contribution in [0.15, 0.2) is 36.4 Å². The van der Waals surface area contributed by atoms with Gasteiger partial charge in [-0.25, -0.2) is 0 Å². The highest BCUT2D eigenvalue weighted by molar-refractivity contribution is 5.97. The molecular weight excluding hydrogens is 459 g/mol. The zero-order valence-electron chi connectivity index (χ0n) is 19.7. The van der Waals surface area contributed by atoms with Crippen LogP contribution in [0, 0.1) is 29.1 Å². The second kappa shape index (κ2) is 9.48. The average molecular weight is 492 g/mol. The second-order valence-electron chi connectivity index (χ2n) is 10.3. The Kier molecular flexibility index (Phi) is 6.55. The van der Waals surface area contributed by atoms with E-state index in [2.05, 4.69) is 32.4 Å².